The number of hydrogen-bond donors (Lipinski definition) is 0. The first-order valence-corrected chi connectivity index (χ1v) is 10.6. The smallest absolute Gasteiger partial charge is 0.334 e. The van der Waals surface area contributed by atoms with Crippen molar-refractivity contribution in [3.63, 3.8) is 0 Å². The van der Waals surface area contributed by atoms with E-state index >= 15 is 0 Å². The number of hydrogen-bond acceptors (Lipinski definition) is 2. The fourth-order valence-corrected chi connectivity index (χ4v) is 4.03. The number of rotatable bonds is 4. The minimum Gasteiger partial charge on any atom is -0.334 e. The van der Waals surface area contributed by atoms with E-state index in [1.54, 1.807) is 4.90 Å². The molecule has 8 heteroatoms. The Hall–Kier alpha value is -2.02. The molecule has 0 N–H and O–H groups in total. The van der Waals surface area contributed by atoms with Crippen LogP contribution in [0, 0.1) is 0 Å². The van der Waals surface area contributed by atoms with E-state index in [0.717, 1.165) is 18.2 Å². The molecule has 1 aliphatic heterocycles. The Kier molecular flexibility index (Phi) is 7.35. The molecule has 0 aromatic heterocycles. The van der Waals surface area contributed by atoms with E-state index in [1.165, 1.54) is 24.3 Å². The number of amides is 1. The van der Waals surface area contributed by atoms with Crippen molar-refractivity contribution in [1.82, 2.24) is 9.80 Å². The molecule has 0 saturated carbocycles. The maximum atomic E-state index is 13.0. The fraction of sp³-hybridized carbons (Fsp3) is 0.348. The molecule has 3 rings (SSSR count). The first kappa shape index (κ1) is 23.6. The summed E-state index contributed by atoms with van der Waals surface area (Å²) in [5.74, 6) is -0.228. The van der Waals surface area contributed by atoms with E-state index in [0.29, 0.717) is 18.1 Å². The first-order chi connectivity index (χ1) is 14.5. The van der Waals surface area contributed by atoms with Gasteiger partial charge in [-0.25, -0.2) is 0 Å². The van der Waals surface area contributed by atoms with Crippen LogP contribution in [0.1, 0.15) is 30.5 Å². The molecule has 1 amide bonds. The van der Waals surface area contributed by atoms with E-state index in [-0.39, 0.29) is 28.6 Å². The highest BCUT2D eigenvalue weighted by Crippen LogP contribution is 2.35. The van der Waals surface area contributed by atoms with Crippen LogP contribution in [-0.4, -0.2) is 40.9 Å². The molecule has 1 fully saturated rings. The van der Waals surface area contributed by atoms with Gasteiger partial charge in [0.05, 0.1) is 10.6 Å². The monoisotopic (exact) mass is 470 g/mol. The highest BCUT2D eigenvalue weighted by Gasteiger charge is 2.33. The van der Waals surface area contributed by atoms with Crippen molar-refractivity contribution < 1.29 is 18.0 Å². The number of alkyl halides is 3. The van der Waals surface area contributed by atoms with Crippen molar-refractivity contribution in [3.8, 4) is 0 Å². The number of piperazine rings is 1. The molecule has 1 heterocycles. The maximum Gasteiger partial charge on any atom is 0.417 e. The summed E-state index contributed by atoms with van der Waals surface area (Å²) in [6.07, 6.45) is -1.83. The van der Waals surface area contributed by atoms with Crippen molar-refractivity contribution in [1.29, 1.82) is 0 Å². The second kappa shape index (κ2) is 9.63. The van der Waals surface area contributed by atoms with Gasteiger partial charge in [0.25, 0.3) is 0 Å². The molecule has 31 heavy (non-hydrogen) atoms. The predicted molar refractivity (Wildman–Crippen MR) is 118 cm³/mol. The topological polar surface area (TPSA) is 23.6 Å². The number of benzene rings is 2. The van der Waals surface area contributed by atoms with Gasteiger partial charge in [-0.1, -0.05) is 41.4 Å². The molecule has 0 spiro atoms. The van der Waals surface area contributed by atoms with E-state index in [4.69, 9.17) is 23.2 Å². The van der Waals surface area contributed by atoms with Gasteiger partial charge in [-0.2, -0.15) is 13.2 Å². The van der Waals surface area contributed by atoms with Crippen molar-refractivity contribution in [3.05, 3.63) is 75.3 Å². The van der Waals surface area contributed by atoms with Crippen LogP contribution in [0.4, 0.5) is 13.2 Å². The van der Waals surface area contributed by atoms with E-state index in [2.05, 4.69) is 11.8 Å². The van der Waals surface area contributed by atoms with Gasteiger partial charge < -0.3 is 4.90 Å². The summed E-state index contributed by atoms with van der Waals surface area (Å²) >= 11 is 11.6. The molecule has 1 aliphatic rings. The summed E-state index contributed by atoms with van der Waals surface area (Å²) < 4.78 is 39.1. The first-order valence-electron chi connectivity index (χ1n) is 9.88. The SMILES string of the molecule is C[C@@H]1CN(C(=O)C=Cc2ccc(Cl)c(C(F)(F)F)c2)[C@@H](C)CN1Cc1ccc(Cl)cc1. The molecule has 0 unspecified atom stereocenters. The van der Waals surface area contributed by atoms with Crippen molar-refractivity contribution >= 4 is 35.2 Å². The quantitative estimate of drug-likeness (QED) is 0.500. The van der Waals surface area contributed by atoms with Gasteiger partial charge in [0.15, 0.2) is 0 Å². The Labute approximate surface area is 190 Å². The summed E-state index contributed by atoms with van der Waals surface area (Å²) in [7, 11) is 0. The van der Waals surface area contributed by atoms with Gasteiger partial charge in [0.1, 0.15) is 0 Å². The molecule has 3 nitrogen and oxygen atoms in total. The van der Waals surface area contributed by atoms with Gasteiger partial charge >= 0.3 is 6.18 Å². The highest BCUT2D eigenvalue weighted by atomic mass is 35.5. The lowest BCUT2D eigenvalue weighted by atomic mass is 10.1. The summed E-state index contributed by atoms with van der Waals surface area (Å²) in [6, 6.07) is 11.4. The van der Waals surface area contributed by atoms with Crippen LogP contribution >= 0.6 is 23.2 Å². The summed E-state index contributed by atoms with van der Waals surface area (Å²) in [6.45, 7) is 6.01. The van der Waals surface area contributed by atoms with Crippen molar-refractivity contribution in [2.24, 2.45) is 0 Å². The molecule has 2 aromatic rings. The fourth-order valence-electron chi connectivity index (χ4n) is 3.68. The van der Waals surface area contributed by atoms with Gasteiger partial charge in [-0.05, 0) is 55.3 Å². The minimum atomic E-state index is -4.55. The Morgan fingerprint density at radius 2 is 1.74 bits per heavy atom. The zero-order chi connectivity index (χ0) is 22.8. The third-order valence-electron chi connectivity index (χ3n) is 5.41. The number of carbonyl (C=O) groups is 1. The van der Waals surface area contributed by atoms with Gasteiger partial charge in [0, 0.05) is 42.8 Å². The highest BCUT2D eigenvalue weighted by molar-refractivity contribution is 6.31. The average Bonchev–Trinajstić information content (AvgIpc) is 2.70. The number of carbonyl (C=O) groups excluding carboxylic acids is 1. The summed E-state index contributed by atoms with van der Waals surface area (Å²) in [4.78, 5) is 16.8. The Balaban J connectivity index is 1.66. The molecule has 0 aliphatic carbocycles. The van der Waals surface area contributed by atoms with Crippen LogP contribution in [0.5, 0.6) is 0 Å². The molecule has 166 valence electrons. The lowest BCUT2D eigenvalue weighted by Gasteiger charge is -2.44. The molecule has 2 atom stereocenters. The van der Waals surface area contributed by atoms with E-state index in [1.807, 2.05) is 31.2 Å². The number of nitrogens with zero attached hydrogens (tertiary/aromatic N) is 2. The second-order valence-electron chi connectivity index (χ2n) is 7.81. The van der Waals surface area contributed by atoms with E-state index in [9.17, 15) is 18.0 Å². The van der Waals surface area contributed by atoms with Crippen LogP contribution < -0.4 is 0 Å². The van der Waals surface area contributed by atoms with Crippen molar-refractivity contribution in [2.45, 2.75) is 38.7 Å². The molecule has 1 saturated heterocycles. The normalized spacial score (nSPS) is 20.4. The third kappa shape index (κ3) is 6.03. The molecule has 0 bridgehead atoms. The summed E-state index contributed by atoms with van der Waals surface area (Å²) in [5, 5.41) is 0.325. The predicted octanol–water partition coefficient (Wildman–Crippen LogP) is 6.15. The van der Waals surface area contributed by atoms with Crippen molar-refractivity contribution in [2.75, 3.05) is 13.1 Å². The zero-order valence-electron chi connectivity index (χ0n) is 17.2. The second-order valence-corrected chi connectivity index (χ2v) is 8.66. The molecule has 0 radical (unpaired) electrons. The van der Waals surface area contributed by atoms with Gasteiger partial charge in [-0.3, -0.25) is 9.69 Å². The Morgan fingerprint density at radius 1 is 1.06 bits per heavy atom. The standard InChI is InChI=1S/C23H23Cl2F3N2O/c1-15-13-30(16(2)12-29(15)14-18-3-7-19(24)8-4-18)22(31)10-6-17-5-9-21(25)20(11-17)23(26,27)28/h3-11,15-16H,12-14H2,1-2H3/t15-,16+/m1/s1. The van der Waals surface area contributed by atoms with Crippen LogP contribution in [0.2, 0.25) is 10.0 Å². The third-order valence-corrected chi connectivity index (χ3v) is 5.99. The maximum absolute atomic E-state index is 13.0. The van der Waals surface area contributed by atoms with Gasteiger partial charge in [-0.15, -0.1) is 0 Å². The van der Waals surface area contributed by atoms with Crippen LogP contribution in [-0.2, 0) is 17.5 Å². The van der Waals surface area contributed by atoms with Crippen LogP contribution in [0.15, 0.2) is 48.5 Å². The Morgan fingerprint density at radius 3 is 2.39 bits per heavy atom. The largest absolute Gasteiger partial charge is 0.417 e. The van der Waals surface area contributed by atoms with E-state index < -0.39 is 11.7 Å². The molecular formula is C23H23Cl2F3N2O. The average molecular weight is 471 g/mol. The lowest BCUT2D eigenvalue weighted by Crippen LogP contribution is -2.57. The Bertz CT molecular complexity index is 960. The lowest BCUT2D eigenvalue weighted by molar-refractivity contribution is -0.137. The van der Waals surface area contributed by atoms with Gasteiger partial charge in [0.2, 0.25) is 5.91 Å². The summed E-state index contributed by atoms with van der Waals surface area (Å²) in [5.41, 5.74) is 0.500. The van der Waals surface area contributed by atoms with Crippen LogP contribution in [0.3, 0.4) is 0 Å². The minimum absolute atomic E-state index is 0.0309. The van der Waals surface area contributed by atoms with Crippen LogP contribution in [0.25, 0.3) is 6.08 Å². The molecular weight excluding hydrogens is 448 g/mol. The zero-order valence-corrected chi connectivity index (χ0v) is 18.7. The number of halogens is 5. The molecule has 2 aromatic carbocycles.